The molecule has 0 unspecified atom stereocenters. The maximum absolute atomic E-state index is 13.1. The molecule has 0 spiro atoms. The smallest absolute Gasteiger partial charge is 0.410 e. The van der Waals surface area contributed by atoms with Gasteiger partial charge in [-0.15, -0.1) is 0 Å². The maximum Gasteiger partial charge on any atom is 0.410 e. The van der Waals surface area contributed by atoms with Gasteiger partial charge in [0.25, 0.3) is 5.91 Å². The molecule has 1 saturated heterocycles. The van der Waals surface area contributed by atoms with Gasteiger partial charge in [-0.3, -0.25) is 10.0 Å². The van der Waals surface area contributed by atoms with E-state index in [1.807, 2.05) is 18.2 Å². The summed E-state index contributed by atoms with van der Waals surface area (Å²) in [6, 6.07) is 13.5. The number of hydroxylamine groups is 1. The van der Waals surface area contributed by atoms with Crippen molar-refractivity contribution < 1.29 is 32.7 Å². The number of benzene rings is 2. The number of nitrogens with one attached hydrogen (secondary N) is 1. The summed E-state index contributed by atoms with van der Waals surface area (Å²) in [5.41, 5.74) is 2.27. The number of ether oxygens (including phenoxy) is 2. The molecule has 2 aromatic rings. The summed E-state index contributed by atoms with van der Waals surface area (Å²) >= 11 is 0. The van der Waals surface area contributed by atoms with Crippen LogP contribution in [-0.2, 0) is 26.2 Å². The Kier molecular flexibility index (Phi) is 7.10. The number of hydrogen-bond donors (Lipinski definition) is 2. The van der Waals surface area contributed by atoms with Crippen molar-refractivity contribution in [2.24, 2.45) is 0 Å². The molecule has 2 N–H and O–H groups in total. The van der Waals surface area contributed by atoms with Crippen LogP contribution in [0.15, 0.2) is 59.5 Å². The highest BCUT2D eigenvalue weighted by Crippen LogP contribution is 2.24. The molecular formula is C20H23N3O7S. The summed E-state index contributed by atoms with van der Waals surface area (Å²) in [6.07, 6.45) is -0.680. The minimum absolute atomic E-state index is 0.0260. The van der Waals surface area contributed by atoms with Crippen LogP contribution in [-0.4, -0.2) is 67.6 Å². The van der Waals surface area contributed by atoms with Gasteiger partial charge in [-0.2, -0.15) is 4.31 Å². The average Bonchev–Trinajstić information content (AvgIpc) is 2.82. The van der Waals surface area contributed by atoms with Gasteiger partial charge in [0, 0.05) is 19.6 Å². The highest BCUT2D eigenvalue weighted by atomic mass is 32.2. The first kappa shape index (κ1) is 22.5. The summed E-state index contributed by atoms with van der Waals surface area (Å²) in [7, 11) is -2.61. The quantitative estimate of drug-likeness (QED) is 0.502. The molecule has 0 radical (unpaired) electrons. The van der Waals surface area contributed by atoms with Crippen molar-refractivity contribution in [2.45, 2.75) is 17.5 Å². The first-order valence-corrected chi connectivity index (χ1v) is 10.9. The van der Waals surface area contributed by atoms with Gasteiger partial charge in [0.15, 0.2) is 0 Å². The van der Waals surface area contributed by atoms with Crippen LogP contribution in [0.25, 0.3) is 0 Å². The minimum atomic E-state index is -4.07. The Morgan fingerprint density at radius 1 is 1.10 bits per heavy atom. The third-order valence-corrected chi connectivity index (χ3v) is 6.80. The summed E-state index contributed by atoms with van der Waals surface area (Å²) < 4.78 is 37.5. The van der Waals surface area contributed by atoms with E-state index in [0.29, 0.717) is 5.75 Å². The lowest BCUT2D eigenvalue weighted by Gasteiger charge is -2.38. The molecule has 1 heterocycles. The Bertz CT molecular complexity index is 1010. The standard InChI is InChI=1S/C20H23N3O7S/c1-29-16-7-9-17(10-8-16)31(27,28)23-12-11-22(13-18(23)19(24)21-26)20(25)30-14-15-5-3-2-4-6-15/h2-10,18,26H,11-14H2,1H3,(H,21,24)/t18-/m1/s1. The Morgan fingerprint density at radius 2 is 1.77 bits per heavy atom. The number of carbonyl (C=O) groups is 2. The van der Waals surface area contributed by atoms with Crippen LogP contribution in [0, 0.1) is 0 Å². The first-order chi connectivity index (χ1) is 14.9. The first-order valence-electron chi connectivity index (χ1n) is 9.42. The Labute approximate surface area is 180 Å². The molecule has 2 amide bonds. The van der Waals surface area contributed by atoms with Crippen LogP contribution < -0.4 is 10.2 Å². The van der Waals surface area contributed by atoms with E-state index in [2.05, 4.69) is 0 Å². The van der Waals surface area contributed by atoms with E-state index in [0.717, 1.165) is 9.87 Å². The van der Waals surface area contributed by atoms with Crippen molar-refractivity contribution in [1.82, 2.24) is 14.7 Å². The van der Waals surface area contributed by atoms with Crippen LogP contribution in [0.5, 0.6) is 5.75 Å². The number of carbonyl (C=O) groups excluding carboxylic acids is 2. The van der Waals surface area contributed by atoms with Crippen LogP contribution in [0.4, 0.5) is 4.79 Å². The normalized spacial score (nSPS) is 17.1. The summed E-state index contributed by atoms with van der Waals surface area (Å²) in [5.74, 6) is -0.466. The van der Waals surface area contributed by atoms with Crippen molar-refractivity contribution in [3.05, 3.63) is 60.2 Å². The molecule has 0 aliphatic carbocycles. The van der Waals surface area contributed by atoms with E-state index in [1.54, 1.807) is 12.1 Å². The largest absolute Gasteiger partial charge is 0.497 e. The molecule has 31 heavy (non-hydrogen) atoms. The Hall–Kier alpha value is -3.15. The number of methoxy groups -OCH3 is 1. The summed E-state index contributed by atoms with van der Waals surface area (Å²) in [5, 5.41) is 9.11. The van der Waals surface area contributed by atoms with Crippen molar-refractivity contribution in [2.75, 3.05) is 26.7 Å². The van der Waals surface area contributed by atoms with E-state index < -0.39 is 28.1 Å². The third kappa shape index (κ3) is 5.13. The zero-order valence-corrected chi connectivity index (χ0v) is 17.6. The molecule has 0 saturated carbocycles. The highest BCUT2D eigenvalue weighted by molar-refractivity contribution is 7.89. The second kappa shape index (κ2) is 9.77. The van der Waals surface area contributed by atoms with Crippen molar-refractivity contribution >= 4 is 22.0 Å². The average molecular weight is 449 g/mol. The lowest BCUT2D eigenvalue weighted by Crippen LogP contribution is -2.61. The highest BCUT2D eigenvalue weighted by Gasteiger charge is 2.41. The number of rotatable bonds is 6. The van der Waals surface area contributed by atoms with Gasteiger partial charge < -0.3 is 14.4 Å². The van der Waals surface area contributed by atoms with Crippen LogP contribution >= 0.6 is 0 Å². The van der Waals surface area contributed by atoms with Gasteiger partial charge in [-0.1, -0.05) is 30.3 Å². The maximum atomic E-state index is 13.1. The van der Waals surface area contributed by atoms with Gasteiger partial charge in [-0.05, 0) is 29.8 Å². The third-order valence-electron chi connectivity index (χ3n) is 4.87. The molecule has 0 aromatic heterocycles. The van der Waals surface area contributed by atoms with Gasteiger partial charge in [0.1, 0.15) is 18.4 Å². The number of sulfonamides is 1. The zero-order chi connectivity index (χ0) is 22.4. The fourth-order valence-corrected chi connectivity index (χ4v) is 4.77. The predicted molar refractivity (Wildman–Crippen MR) is 109 cm³/mol. The van der Waals surface area contributed by atoms with E-state index in [9.17, 15) is 18.0 Å². The summed E-state index contributed by atoms with van der Waals surface area (Å²) in [4.78, 5) is 25.9. The van der Waals surface area contributed by atoms with E-state index in [4.69, 9.17) is 14.7 Å². The molecule has 1 aliphatic heterocycles. The topological polar surface area (TPSA) is 125 Å². The summed E-state index contributed by atoms with van der Waals surface area (Å²) in [6.45, 7) is -0.346. The second-order valence-corrected chi connectivity index (χ2v) is 8.66. The van der Waals surface area contributed by atoms with E-state index in [1.165, 1.54) is 41.8 Å². The number of nitrogens with zero attached hydrogens (tertiary/aromatic N) is 2. The molecule has 1 fully saturated rings. The van der Waals surface area contributed by atoms with Crippen molar-refractivity contribution in [1.29, 1.82) is 0 Å². The molecule has 3 rings (SSSR count). The SMILES string of the molecule is COc1ccc(S(=O)(=O)N2CCN(C(=O)OCc3ccccc3)C[C@@H]2C(=O)NO)cc1. The van der Waals surface area contributed by atoms with Gasteiger partial charge >= 0.3 is 6.09 Å². The molecule has 10 nitrogen and oxygen atoms in total. The van der Waals surface area contributed by atoms with Crippen LogP contribution in [0.2, 0.25) is 0 Å². The molecule has 1 aliphatic rings. The number of amides is 2. The monoisotopic (exact) mass is 449 g/mol. The number of piperazine rings is 1. The van der Waals surface area contributed by atoms with Gasteiger partial charge in [0.2, 0.25) is 10.0 Å². The fraction of sp³-hybridized carbons (Fsp3) is 0.300. The molecule has 0 bridgehead atoms. The fourth-order valence-electron chi connectivity index (χ4n) is 3.20. The number of hydrogen-bond acceptors (Lipinski definition) is 7. The minimum Gasteiger partial charge on any atom is -0.497 e. The molecule has 11 heteroatoms. The Balaban J connectivity index is 1.74. The van der Waals surface area contributed by atoms with Gasteiger partial charge in [-0.25, -0.2) is 18.7 Å². The second-order valence-electron chi connectivity index (χ2n) is 6.77. The zero-order valence-electron chi connectivity index (χ0n) is 16.8. The van der Waals surface area contributed by atoms with E-state index in [-0.39, 0.29) is 31.1 Å². The predicted octanol–water partition coefficient (Wildman–Crippen LogP) is 1.21. The Morgan fingerprint density at radius 3 is 2.39 bits per heavy atom. The van der Waals surface area contributed by atoms with E-state index >= 15 is 0 Å². The van der Waals surface area contributed by atoms with Crippen LogP contribution in [0.3, 0.4) is 0 Å². The molecule has 1 atom stereocenters. The molecular weight excluding hydrogens is 426 g/mol. The molecule has 2 aromatic carbocycles. The lowest BCUT2D eigenvalue weighted by atomic mass is 10.2. The van der Waals surface area contributed by atoms with Crippen LogP contribution in [0.1, 0.15) is 5.56 Å². The molecule has 166 valence electrons. The van der Waals surface area contributed by atoms with Crippen molar-refractivity contribution in [3.8, 4) is 5.75 Å². The van der Waals surface area contributed by atoms with Crippen molar-refractivity contribution in [3.63, 3.8) is 0 Å². The lowest BCUT2D eigenvalue weighted by molar-refractivity contribution is -0.134. The van der Waals surface area contributed by atoms with Gasteiger partial charge in [0.05, 0.1) is 12.0 Å².